The van der Waals surface area contributed by atoms with Crippen molar-refractivity contribution in [2.75, 3.05) is 13.1 Å². The molecule has 2 aliphatic rings. The maximum atomic E-state index is 11.8. The molecule has 2 atom stereocenters. The van der Waals surface area contributed by atoms with Gasteiger partial charge in [-0.3, -0.25) is 0 Å². The van der Waals surface area contributed by atoms with Crippen LogP contribution in [0.5, 0.6) is 0 Å². The van der Waals surface area contributed by atoms with Crippen molar-refractivity contribution in [3.05, 3.63) is 0 Å². The lowest BCUT2D eigenvalue weighted by Gasteiger charge is -2.39. The molecule has 0 radical (unpaired) electrons. The van der Waals surface area contributed by atoms with Gasteiger partial charge in [-0.05, 0) is 31.1 Å². The zero-order chi connectivity index (χ0) is 16.2. The van der Waals surface area contributed by atoms with Crippen LogP contribution < -0.4 is 15.8 Å². The van der Waals surface area contributed by atoms with Crippen LogP contribution in [0.4, 0.5) is 4.79 Å². The summed E-state index contributed by atoms with van der Waals surface area (Å²) in [6.45, 7) is 3.04. The van der Waals surface area contributed by atoms with Gasteiger partial charge in [0.05, 0.1) is 0 Å². The van der Waals surface area contributed by atoms with Crippen molar-refractivity contribution in [1.29, 1.82) is 0 Å². The van der Waals surface area contributed by atoms with E-state index in [9.17, 15) is 13.2 Å². The third kappa shape index (κ3) is 4.13. The Morgan fingerprint density at radius 2 is 1.86 bits per heavy atom. The zero-order valence-corrected chi connectivity index (χ0v) is 14.3. The SMILES string of the molecule is CC1CCCCC1CCNC(=O)NCC1(S(N)(=O)=O)CCC1. The monoisotopic (exact) mass is 331 g/mol. The third-order valence-corrected chi connectivity index (χ3v) is 7.29. The lowest BCUT2D eigenvalue weighted by atomic mass is 9.79. The maximum Gasteiger partial charge on any atom is 0.314 e. The van der Waals surface area contributed by atoms with Crippen molar-refractivity contribution in [2.24, 2.45) is 17.0 Å². The molecular weight excluding hydrogens is 302 g/mol. The first-order valence-electron chi connectivity index (χ1n) is 8.38. The molecule has 0 spiro atoms. The summed E-state index contributed by atoms with van der Waals surface area (Å²) < 4.78 is 22.3. The largest absolute Gasteiger partial charge is 0.338 e. The molecule has 0 aliphatic heterocycles. The first-order chi connectivity index (χ1) is 10.3. The van der Waals surface area contributed by atoms with E-state index in [1.54, 1.807) is 0 Å². The second-order valence-corrected chi connectivity index (χ2v) is 8.96. The van der Waals surface area contributed by atoms with Gasteiger partial charge in [-0.25, -0.2) is 18.4 Å². The molecule has 0 bridgehead atoms. The van der Waals surface area contributed by atoms with Crippen LogP contribution in [-0.4, -0.2) is 32.3 Å². The van der Waals surface area contributed by atoms with Crippen molar-refractivity contribution < 1.29 is 13.2 Å². The number of urea groups is 1. The summed E-state index contributed by atoms with van der Waals surface area (Å²) in [6.07, 6.45) is 8.05. The molecule has 2 saturated carbocycles. The number of hydrogen-bond donors (Lipinski definition) is 3. The number of hydrogen-bond acceptors (Lipinski definition) is 3. The third-order valence-electron chi connectivity index (χ3n) is 5.53. The molecule has 2 aliphatic carbocycles. The average Bonchev–Trinajstić information content (AvgIpc) is 2.38. The first kappa shape index (κ1) is 17.5. The Balaban J connectivity index is 1.68. The predicted octanol–water partition coefficient (Wildman–Crippen LogP) is 1.71. The highest BCUT2D eigenvalue weighted by Crippen LogP contribution is 2.37. The molecule has 128 valence electrons. The van der Waals surface area contributed by atoms with Gasteiger partial charge in [-0.2, -0.15) is 0 Å². The van der Waals surface area contributed by atoms with E-state index in [4.69, 9.17) is 5.14 Å². The van der Waals surface area contributed by atoms with Crippen LogP contribution in [0.15, 0.2) is 0 Å². The van der Waals surface area contributed by atoms with E-state index < -0.39 is 14.8 Å². The van der Waals surface area contributed by atoms with E-state index in [0.29, 0.717) is 25.3 Å². The lowest BCUT2D eigenvalue weighted by Crippen LogP contribution is -2.57. The van der Waals surface area contributed by atoms with Gasteiger partial charge >= 0.3 is 6.03 Å². The number of nitrogens with one attached hydrogen (secondary N) is 2. The van der Waals surface area contributed by atoms with Gasteiger partial charge in [0, 0.05) is 13.1 Å². The van der Waals surface area contributed by atoms with Crippen LogP contribution >= 0.6 is 0 Å². The molecule has 0 saturated heterocycles. The van der Waals surface area contributed by atoms with E-state index in [1.165, 1.54) is 25.7 Å². The molecule has 2 rings (SSSR count). The summed E-state index contributed by atoms with van der Waals surface area (Å²) in [7, 11) is -3.61. The number of nitrogens with two attached hydrogens (primary N) is 1. The summed E-state index contributed by atoms with van der Waals surface area (Å²) >= 11 is 0. The highest BCUT2D eigenvalue weighted by Gasteiger charge is 2.47. The highest BCUT2D eigenvalue weighted by molar-refractivity contribution is 7.90. The van der Waals surface area contributed by atoms with Crippen LogP contribution in [0.1, 0.15) is 58.3 Å². The van der Waals surface area contributed by atoms with Crippen LogP contribution in [0.3, 0.4) is 0 Å². The number of rotatable bonds is 6. The molecule has 0 aromatic carbocycles. The van der Waals surface area contributed by atoms with E-state index in [-0.39, 0.29) is 12.6 Å². The fourth-order valence-electron chi connectivity index (χ4n) is 3.63. The Hall–Kier alpha value is -0.820. The number of sulfonamides is 1. The molecule has 0 heterocycles. The summed E-state index contributed by atoms with van der Waals surface area (Å²) in [4.78, 5) is 11.8. The Bertz CT molecular complexity index is 488. The van der Waals surface area contributed by atoms with Gasteiger partial charge in [0.2, 0.25) is 10.0 Å². The molecule has 6 nitrogen and oxygen atoms in total. The minimum atomic E-state index is -3.61. The molecule has 0 aromatic heterocycles. The van der Waals surface area contributed by atoms with Gasteiger partial charge in [0.1, 0.15) is 4.75 Å². The Kier molecular flexibility index (Phi) is 5.71. The topological polar surface area (TPSA) is 101 Å². The van der Waals surface area contributed by atoms with Crippen molar-refractivity contribution in [2.45, 2.75) is 63.0 Å². The fraction of sp³-hybridized carbons (Fsp3) is 0.933. The molecule has 2 unspecified atom stereocenters. The molecule has 7 heteroatoms. The lowest BCUT2D eigenvalue weighted by molar-refractivity contribution is 0.224. The van der Waals surface area contributed by atoms with Crippen molar-refractivity contribution in [1.82, 2.24) is 10.6 Å². The second-order valence-electron chi connectivity index (χ2n) is 7.00. The van der Waals surface area contributed by atoms with Crippen molar-refractivity contribution in [3.63, 3.8) is 0 Å². The molecule has 2 amide bonds. The minimum Gasteiger partial charge on any atom is -0.338 e. The smallest absolute Gasteiger partial charge is 0.314 e. The summed E-state index contributed by atoms with van der Waals surface area (Å²) in [5.74, 6) is 1.43. The molecule has 4 N–H and O–H groups in total. The Labute approximate surface area is 133 Å². The van der Waals surface area contributed by atoms with E-state index in [0.717, 1.165) is 18.8 Å². The van der Waals surface area contributed by atoms with Crippen molar-refractivity contribution >= 4 is 16.1 Å². The number of amides is 2. The standard InChI is InChI=1S/C15H29N3O3S/c1-12-5-2-3-6-13(12)7-10-17-14(19)18-11-15(8-4-9-15)22(16,20)21/h12-13H,2-11H2,1H3,(H2,16,20,21)(H2,17,18,19). The first-order valence-corrected chi connectivity index (χ1v) is 9.93. The molecule has 0 aromatic rings. The Morgan fingerprint density at radius 1 is 1.18 bits per heavy atom. The van der Waals surface area contributed by atoms with E-state index in [2.05, 4.69) is 17.6 Å². The van der Waals surface area contributed by atoms with Crippen LogP contribution in [-0.2, 0) is 10.0 Å². The average molecular weight is 331 g/mol. The predicted molar refractivity (Wildman–Crippen MR) is 86.8 cm³/mol. The van der Waals surface area contributed by atoms with Crippen molar-refractivity contribution in [3.8, 4) is 0 Å². The normalized spacial score (nSPS) is 27.7. The molecule has 2 fully saturated rings. The summed E-state index contributed by atoms with van der Waals surface area (Å²) in [5, 5.41) is 10.8. The van der Waals surface area contributed by atoms with Gasteiger partial charge < -0.3 is 10.6 Å². The van der Waals surface area contributed by atoms with E-state index in [1.807, 2.05) is 0 Å². The molecule has 22 heavy (non-hydrogen) atoms. The highest BCUT2D eigenvalue weighted by atomic mass is 32.2. The van der Waals surface area contributed by atoms with Gasteiger partial charge in [-0.15, -0.1) is 0 Å². The molecular formula is C15H29N3O3S. The number of carbonyl (C=O) groups excluding carboxylic acids is 1. The van der Waals surface area contributed by atoms with E-state index >= 15 is 0 Å². The summed E-state index contributed by atoms with van der Waals surface area (Å²) in [6, 6.07) is -0.293. The van der Waals surface area contributed by atoms with Gasteiger partial charge in [0.15, 0.2) is 0 Å². The van der Waals surface area contributed by atoms with Gasteiger partial charge in [-0.1, -0.05) is 39.0 Å². The van der Waals surface area contributed by atoms with Crippen LogP contribution in [0.2, 0.25) is 0 Å². The second kappa shape index (κ2) is 7.17. The quantitative estimate of drug-likeness (QED) is 0.690. The number of primary sulfonamides is 1. The number of carbonyl (C=O) groups is 1. The fourth-order valence-corrected chi connectivity index (χ4v) is 4.76. The Morgan fingerprint density at radius 3 is 2.41 bits per heavy atom. The minimum absolute atomic E-state index is 0.109. The zero-order valence-electron chi connectivity index (χ0n) is 13.4. The van der Waals surface area contributed by atoms with Gasteiger partial charge in [0.25, 0.3) is 0 Å². The van der Waals surface area contributed by atoms with Crippen LogP contribution in [0.25, 0.3) is 0 Å². The summed E-state index contributed by atoms with van der Waals surface area (Å²) in [5.41, 5.74) is 0. The maximum absolute atomic E-state index is 11.8. The van der Waals surface area contributed by atoms with Crippen LogP contribution in [0, 0.1) is 11.8 Å².